The summed E-state index contributed by atoms with van der Waals surface area (Å²) in [6.07, 6.45) is 1.24. The van der Waals surface area contributed by atoms with Crippen LogP contribution in [0.25, 0.3) is 0 Å². The molecule has 0 saturated heterocycles. The van der Waals surface area contributed by atoms with Gasteiger partial charge in [0.25, 0.3) is 0 Å². The molecular formula is C14H25ClN2O4S. The van der Waals surface area contributed by atoms with E-state index in [1.807, 2.05) is 13.8 Å². The molecule has 3 N–H and O–H groups in total. The second kappa shape index (κ2) is 8.57. The Kier molecular flexibility index (Phi) is 8.17. The van der Waals surface area contributed by atoms with E-state index in [2.05, 4.69) is 4.72 Å². The third-order valence-electron chi connectivity index (χ3n) is 3.76. The van der Waals surface area contributed by atoms with E-state index >= 15 is 0 Å². The predicted octanol–water partition coefficient (Wildman–Crippen LogP) is 1.92. The van der Waals surface area contributed by atoms with E-state index in [9.17, 15) is 8.42 Å². The van der Waals surface area contributed by atoms with Gasteiger partial charge in [0.05, 0.1) is 19.1 Å². The molecule has 0 spiro atoms. The van der Waals surface area contributed by atoms with E-state index in [4.69, 9.17) is 15.2 Å². The minimum atomic E-state index is -3.68. The van der Waals surface area contributed by atoms with Crippen molar-refractivity contribution in [3.63, 3.8) is 0 Å². The van der Waals surface area contributed by atoms with Crippen LogP contribution in [0.4, 0.5) is 0 Å². The average molecular weight is 353 g/mol. The SMILES string of the molecule is CCC(CC)(CN)NS(=O)(=O)c1ccc(OC)c(OC)c1.Cl. The summed E-state index contributed by atoms with van der Waals surface area (Å²) in [6, 6.07) is 4.49. The standard InChI is InChI=1S/C14H24N2O4S.ClH/c1-5-14(6-2,10-15)16-21(17,18)11-7-8-12(19-3)13(9-11)20-4;/h7-9,16H,5-6,10,15H2,1-4H3;1H. The van der Waals surface area contributed by atoms with Crippen molar-refractivity contribution in [1.29, 1.82) is 0 Å². The third kappa shape index (κ3) is 4.49. The Morgan fingerprint density at radius 3 is 2.09 bits per heavy atom. The molecule has 0 bridgehead atoms. The summed E-state index contributed by atoms with van der Waals surface area (Å²) in [5.74, 6) is 0.847. The maximum atomic E-state index is 12.5. The molecule has 22 heavy (non-hydrogen) atoms. The van der Waals surface area contributed by atoms with E-state index in [-0.39, 0.29) is 23.8 Å². The van der Waals surface area contributed by atoms with Gasteiger partial charge in [0, 0.05) is 18.2 Å². The largest absolute Gasteiger partial charge is 0.493 e. The molecule has 1 aromatic rings. The van der Waals surface area contributed by atoms with Gasteiger partial charge >= 0.3 is 0 Å². The highest BCUT2D eigenvalue weighted by molar-refractivity contribution is 7.89. The summed E-state index contributed by atoms with van der Waals surface area (Å²) in [7, 11) is -0.717. The summed E-state index contributed by atoms with van der Waals surface area (Å²) >= 11 is 0. The van der Waals surface area contributed by atoms with Crippen LogP contribution in [-0.4, -0.2) is 34.7 Å². The molecule has 0 atom stereocenters. The minimum Gasteiger partial charge on any atom is -0.493 e. The average Bonchev–Trinajstić information content (AvgIpc) is 2.51. The van der Waals surface area contributed by atoms with Crippen molar-refractivity contribution in [1.82, 2.24) is 4.72 Å². The first-order valence-electron chi connectivity index (χ1n) is 6.84. The van der Waals surface area contributed by atoms with Crippen molar-refractivity contribution in [2.75, 3.05) is 20.8 Å². The number of hydrogen-bond donors (Lipinski definition) is 2. The minimum absolute atomic E-state index is 0. The maximum absolute atomic E-state index is 12.5. The number of halogens is 1. The van der Waals surface area contributed by atoms with Gasteiger partial charge in [-0.1, -0.05) is 13.8 Å². The topological polar surface area (TPSA) is 90.7 Å². The quantitative estimate of drug-likeness (QED) is 0.746. The Morgan fingerprint density at radius 2 is 1.68 bits per heavy atom. The molecule has 0 aliphatic carbocycles. The smallest absolute Gasteiger partial charge is 0.241 e. The van der Waals surface area contributed by atoms with Crippen molar-refractivity contribution in [2.45, 2.75) is 37.1 Å². The van der Waals surface area contributed by atoms with Crippen molar-refractivity contribution in [3.8, 4) is 11.5 Å². The summed E-state index contributed by atoms with van der Waals surface area (Å²) < 4.78 is 38.0. The lowest BCUT2D eigenvalue weighted by molar-refractivity contribution is 0.352. The van der Waals surface area contributed by atoms with Crippen molar-refractivity contribution in [2.24, 2.45) is 5.73 Å². The number of nitrogens with two attached hydrogens (primary N) is 1. The molecule has 0 aliphatic heterocycles. The van der Waals surface area contributed by atoms with Gasteiger partial charge in [0.2, 0.25) is 10.0 Å². The van der Waals surface area contributed by atoms with E-state index in [0.29, 0.717) is 24.3 Å². The molecule has 0 aliphatic rings. The fourth-order valence-electron chi connectivity index (χ4n) is 2.05. The van der Waals surface area contributed by atoms with Crippen LogP contribution >= 0.6 is 12.4 Å². The molecule has 0 unspecified atom stereocenters. The zero-order chi connectivity index (χ0) is 16.1. The van der Waals surface area contributed by atoms with Gasteiger partial charge in [-0.05, 0) is 25.0 Å². The number of hydrogen-bond acceptors (Lipinski definition) is 5. The van der Waals surface area contributed by atoms with Crippen molar-refractivity contribution < 1.29 is 17.9 Å². The Bertz CT molecular complexity index is 566. The van der Waals surface area contributed by atoms with Gasteiger partial charge in [-0.15, -0.1) is 12.4 Å². The van der Waals surface area contributed by atoms with Crippen LogP contribution < -0.4 is 19.9 Å². The Morgan fingerprint density at radius 1 is 1.14 bits per heavy atom. The predicted molar refractivity (Wildman–Crippen MR) is 89.5 cm³/mol. The first kappa shape index (κ1) is 21.0. The Labute approximate surface area is 138 Å². The summed E-state index contributed by atoms with van der Waals surface area (Å²) in [5, 5.41) is 0. The van der Waals surface area contributed by atoms with Crippen molar-refractivity contribution >= 4 is 22.4 Å². The molecule has 0 radical (unpaired) electrons. The van der Waals surface area contributed by atoms with Crippen LogP contribution in [0, 0.1) is 0 Å². The maximum Gasteiger partial charge on any atom is 0.241 e. The van der Waals surface area contributed by atoms with Crippen LogP contribution in [0.1, 0.15) is 26.7 Å². The molecule has 1 aromatic carbocycles. The molecule has 0 saturated carbocycles. The number of ether oxygens (including phenoxy) is 2. The molecular weight excluding hydrogens is 328 g/mol. The number of sulfonamides is 1. The van der Waals surface area contributed by atoms with Gasteiger partial charge < -0.3 is 15.2 Å². The molecule has 8 heteroatoms. The number of rotatable bonds is 8. The molecule has 0 heterocycles. The first-order valence-corrected chi connectivity index (χ1v) is 8.32. The summed E-state index contributed by atoms with van der Waals surface area (Å²) in [4.78, 5) is 0.125. The molecule has 1 rings (SSSR count). The van der Waals surface area contributed by atoms with Gasteiger partial charge in [0.1, 0.15) is 0 Å². The van der Waals surface area contributed by atoms with E-state index < -0.39 is 15.6 Å². The molecule has 6 nitrogen and oxygen atoms in total. The Balaban J connectivity index is 0.00000441. The number of benzene rings is 1. The van der Waals surface area contributed by atoms with Gasteiger partial charge in [0.15, 0.2) is 11.5 Å². The zero-order valence-corrected chi connectivity index (χ0v) is 15.0. The van der Waals surface area contributed by atoms with Crippen LogP contribution in [0.3, 0.4) is 0 Å². The van der Waals surface area contributed by atoms with E-state index in [0.717, 1.165) is 0 Å². The normalized spacial score (nSPS) is 11.7. The highest BCUT2D eigenvalue weighted by atomic mass is 35.5. The molecule has 0 amide bonds. The third-order valence-corrected chi connectivity index (χ3v) is 5.34. The first-order chi connectivity index (χ1) is 9.87. The van der Waals surface area contributed by atoms with Crippen molar-refractivity contribution in [3.05, 3.63) is 18.2 Å². The second-order valence-corrected chi connectivity index (χ2v) is 6.50. The van der Waals surface area contributed by atoms with Gasteiger partial charge in [-0.25, -0.2) is 13.1 Å². The van der Waals surface area contributed by atoms with Crippen LogP contribution in [0.2, 0.25) is 0 Å². The van der Waals surface area contributed by atoms with E-state index in [1.54, 1.807) is 6.07 Å². The van der Waals surface area contributed by atoms with Crippen LogP contribution in [0.15, 0.2) is 23.1 Å². The fourth-order valence-corrected chi connectivity index (χ4v) is 3.62. The number of nitrogens with one attached hydrogen (secondary N) is 1. The highest BCUT2D eigenvalue weighted by Gasteiger charge is 2.31. The molecule has 0 aromatic heterocycles. The lowest BCUT2D eigenvalue weighted by atomic mass is 9.95. The molecule has 0 fully saturated rings. The van der Waals surface area contributed by atoms with Crippen LogP contribution in [0.5, 0.6) is 11.5 Å². The molecule has 128 valence electrons. The number of methoxy groups -OCH3 is 2. The summed E-state index contributed by atoms with van der Waals surface area (Å²) in [5.41, 5.74) is 5.11. The lowest BCUT2D eigenvalue weighted by Crippen LogP contribution is -2.52. The van der Waals surface area contributed by atoms with Gasteiger partial charge in [-0.3, -0.25) is 0 Å². The monoisotopic (exact) mass is 352 g/mol. The fraction of sp³-hybridized carbons (Fsp3) is 0.571. The van der Waals surface area contributed by atoms with Crippen LogP contribution in [-0.2, 0) is 10.0 Å². The highest BCUT2D eigenvalue weighted by Crippen LogP contribution is 2.30. The Hall–Kier alpha value is -1.02. The van der Waals surface area contributed by atoms with Gasteiger partial charge in [-0.2, -0.15) is 0 Å². The van der Waals surface area contributed by atoms with E-state index in [1.165, 1.54) is 26.4 Å². The second-order valence-electron chi connectivity index (χ2n) is 4.81. The lowest BCUT2D eigenvalue weighted by Gasteiger charge is -2.31. The zero-order valence-electron chi connectivity index (χ0n) is 13.4. The summed E-state index contributed by atoms with van der Waals surface area (Å²) in [6.45, 7) is 4.06.